The summed E-state index contributed by atoms with van der Waals surface area (Å²) in [6.45, 7) is 1.74. The lowest BCUT2D eigenvalue weighted by atomic mass is 10.2. The molecule has 5 nitrogen and oxygen atoms in total. The number of nitrogens with zero attached hydrogens (tertiary/aromatic N) is 1. The van der Waals surface area contributed by atoms with E-state index in [2.05, 4.69) is 9.97 Å². The van der Waals surface area contributed by atoms with Gasteiger partial charge in [-0.2, -0.15) is 0 Å². The first-order chi connectivity index (χ1) is 5.09. The Morgan fingerprint density at radius 1 is 1.73 bits per heavy atom. The SMILES string of the molecule is C[C@H](N)c1cc(=O)[nH]c(N)n1. The minimum atomic E-state index is -0.273. The van der Waals surface area contributed by atoms with Gasteiger partial charge in [0.1, 0.15) is 0 Å². The smallest absolute Gasteiger partial charge is 0.252 e. The molecule has 0 aromatic carbocycles. The van der Waals surface area contributed by atoms with Gasteiger partial charge in [0.15, 0.2) is 0 Å². The van der Waals surface area contributed by atoms with Gasteiger partial charge in [-0.05, 0) is 6.92 Å². The van der Waals surface area contributed by atoms with Gasteiger partial charge in [0.25, 0.3) is 5.56 Å². The first kappa shape index (κ1) is 7.74. The molecule has 5 N–H and O–H groups in total. The van der Waals surface area contributed by atoms with E-state index in [1.807, 2.05) is 0 Å². The predicted molar refractivity (Wildman–Crippen MR) is 41.9 cm³/mol. The lowest BCUT2D eigenvalue weighted by Gasteiger charge is -2.02. The summed E-state index contributed by atoms with van der Waals surface area (Å²) in [7, 11) is 0. The van der Waals surface area contributed by atoms with E-state index in [4.69, 9.17) is 11.5 Å². The van der Waals surface area contributed by atoms with Crippen LogP contribution in [0.15, 0.2) is 10.9 Å². The molecule has 0 spiro atoms. The summed E-state index contributed by atoms with van der Waals surface area (Å²) < 4.78 is 0. The topological polar surface area (TPSA) is 97.8 Å². The molecule has 0 saturated carbocycles. The molecule has 0 fully saturated rings. The number of aromatic amines is 1. The Kier molecular flexibility index (Phi) is 1.91. The fourth-order valence-electron chi connectivity index (χ4n) is 0.729. The van der Waals surface area contributed by atoms with Crippen LogP contribution in [0.5, 0.6) is 0 Å². The number of H-pyrrole nitrogens is 1. The van der Waals surface area contributed by atoms with Gasteiger partial charge in [0, 0.05) is 12.1 Å². The van der Waals surface area contributed by atoms with Crippen molar-refractivity contribution in [3.05, 3.63) is 22.1 Å². The molecule has 0 unspecified atom stereocenters. The van der Waals surface area contributed by atoms with Crippen LogP contribution in [0.25, 0.3) is 0 Å². The van der Waals surface area contributed by atoms with Crippen LogP contribution in [0, 0.1) is 0 Å². The van der Waals surface area contributed by atoms with Crippen molar-refractivity contribution in [2.24, 2.45) is 5.73 Å². The number of hydrogen-bond acceptors (Lipinski definition) is 4. The Morgan fingerprint density at radius 2 is 2.36 bits per heavy atom. The number of nitrogens with two attached hydrogens (primary N) is 2. The summed E-state index contributed by atoms with van der Waals surface area (Å²) in [6.07, 6.45) is 0. The van der Waals surface area contributed by atoms with Crippen molar-refractivity contribution >= 4 is 5.95 Å². The second-order valence-corrected chi connectivity index (χ2v) is 2.34. The third-order valence-electron chi connectivity index (χ3n) is 1.25. The van der Waals surface area contributed by atoms with E-state index in [9.17, 15) is 4.79 Å². The molecule has 0 bridgehead atoms. The molecule has 5 heteroatoms. The number of nitrogen functional groups attached to an aromatic ring is 1. The second-order valence-electron chi connectivity index (χ2n) is 2.34. The molecule has 0 saturated heterocycles. The highest BCUT2D eigenvalue weighted by Gasteiger charge is 2.02. The van der Waals surface area contributed by atoms with Crippen LogP contribution in [-0.2, 0) is 0 Å². The van der Waals surface area contributed by atoms with Gasteiger partial charge in [-0.1, -0.05) is 0 Å². The van der Waals surface area contributed by atoms with Gasteiger partial charge in [0.05, 0.1) is 5.69 Å². The van der Waals surface area contributed by atoms with E-state index in [0.29, 0.717) is 5.69 Å². The van der Waals surface area contributed by atoms with Gasteiger partial charge in [-0.15, -0.1) is 0 Å². The number of hydrogen-bond donors (Lipinski definition) is 3. The molecule has 1 aromatic rings. The Hall–Kier alpha value is -1.36. The normalized spacial score (nSPS) is 12.9. The molecular weight excluding hydrogens is 144 g/mol. The van der Waals surface area contributed by atoms with Crippen LogP contribution in [0.2, 0.25) is 0 Å². The quantitative estimate of drug-likeness (QED) is 0.501. The molecule has 1 aromatic heterocycles. The summed E-state index contributed by atoms with van der Waals surface area (Å²) in [5.74, 6) is 0.102. The molecule has 1 atom stereocenters. The Morgan fingerprint density at radius 3 is 2.82 bits per heavy atom. The van der Waals surface area contributed by atoms with Crippen molar-refractivity contribution in [1.82, 2.24) is 9.97 Å². The highest BCUT2D eigenvalue weighted by molar-refractivity contribution is 5.18. The van der Waals surface area contributed by atoms with Gasteiger partial charge in [-0.25, -0.2) is 4.98 Å². The predicted octanol–water partition coefficient (Wildman–Crippen LogP) is -0.628. The molecule has 11 heavy (non-hydrogen) atoms. The number of nitrogens with one attached hydrogen (secondary N) is 1. The monoisotopic (exact) mass is 154 g/mol. The summed E-state index contributed by atoms with van der Waals surface area (Å²) in [6, 6.07) is 1.07. The Labute approximate surface area is 63.4 Å². The van der Waals surface area contributed by atoms with Crippen molar-refractivity contribution in [2.45, 2.75) is 13.0 Å². The first-order valence-electron chi connectivity index (χ1n) is 3.22. The zero-order valence-electron chi connectivity index (χ0n) is 6.16. The number of aromatic nitrogens is 2. The molecule has 0 radical (unpaired) electrons. The molecule has 0 aliphatic carbocycles. The maximum absolute atomic E-state index is 10.8. The van der Waals surface area contributed by atoms with E-state index < -0.39 is 0 Å². The largest absolute Gasteiger partial charge is 0.369 e. The molecule has 60 valence electrons. The minimum Gasteiger partial charge on any atom is -0.369 e. The summed E-state index contributed by atoms with van der Waals surface area (Å²) >= 11 is 0. The van der Waals surface area contributed by atoms with Crippen LogP contribution in [0.1, 0.15) is 18.7 Å². The van der Waals surface area contributed by atoms with Crippen molar-refractivity contribution < 1.29 is 0 Å². The second kappa shape index (κ2) is 2.71. The first-order valence-corrected chi connectivity index (χ1v) is 3.22. The average Bonchev–Trinajstić information content (AvgIpc) is 1.85. The number of anilines is 1. The van der Waals surface area contributed by atoms with E-state index in [0.717, 1.165) is 0 Å². The third kappa shape index (κ3) is 1.78. The van der Waals surface area contributed by atoms with Crippen molar-refractivity contribution in [3.63, 3.8) is 0 Å². The van der Waals surface area contributed by atoms with Gasteiger partial charge < -0.3 is 11.5 Å². The zero-order valence-corrected chi connectivity index (χ0v) is 6.16. The molecular formula is C6H10N4O. The van der Waals surface area contributed by atoms with Crippen molar-refractivity contribution in [3.8, 4) is 0 Å². The van der Waals surface area contributed by atoms with Crippen LogP contribution in [0.4, 0.5) is 5.95 Å². The van der Waals surface area contributed by atoms with Gasteiger partial charge >= 0.3 is 0 Å². The average molecular weight is 154 g/mol. The summed E-state index contributed by atoms with van der Waals surface area (Å²) in [5, 5.41) is 0. The third-order valence-corrected chi connectivity index (χ3v) is 1.25. The van der Waals surface area contributed by atoms with Gasteiger partial charge in [0.2, 0.25) is 5.95 Å². The van der Waals surface area contributed by atoms with Crippen LogP contribution in [0.3, 0.4) is 0 Å². The molecule has 1 rings (SSSR count). The van der Waals surface area contributed by atoms with Gasteiger partial charge in [-0.3, -0.25) is 9.78 Å². The lowest BCUT2D eigenvalue weighted by Crippen LogP contribution is -2.16. The Balaban J connectivity index is 3.19. The fourth-order valence-corrected chi connectivity index (χ4v) is 0.729. The van der Waals surface area contributed by atoms with Crippen LogP contribution >= 0.6 is 0 Å². The van der Waals surface area contributed by atoms with E-state index >= 15 is 0 Å². The fraction of sp³-hybridized carbons (Fsp3) is 0.333. The lowest BCUT2D eigenvalue weighted by molar-refractivity contribution is 0.774. The Bertz CT molecular complexity index is 304. The minimum absolute atomic E-state index is 0.102. The summed E-state index contributed by atoms with van der Waals surface area (Å²) in [4.78, 5) is 16.9. The molecule has 0 aliphatic heterocycles. The maximum atomic E-state index is 10.8. The van der Waals surface area contributed by atoms with Crippen molar-refractivity contribution in [2.75, 3.05) is 5.73 Å². The molecule has 0 amide bonds. The van der Waals surface area contributed by atoms with E-state index in [1.165, 1.54) is 6.07 Å². The standard InChI is InChI=1S/C6H10N4O/c1-3(7)4-2-5(11)10-6(8)9-4/h2-3H,7H2,1H3,(H3,8,9,10,11)/t3-/m0/s1. The van der Waals surface area contributed by atoms with Crippen LogP contribution in [-0.4, -0.2) is 9.97 Å². The highest BCUT2D eigenvalue weighted by atomic mass is 16.1. The zero-order chi connectivity index (χ0) is 8.43. The molecule has 1 heterocycles. The maximum Gasteiger partial charge on any atom is 0.252 e. The number of rotatable bonds is 1. The summed E-state index contributed by atoms with van der Waals surface area (Å²) in [5.41, 5.74) is 11.0. The highest BCUT2D eigenvalue weighted by Crippen LogP contribution is 2.02. The van der Waals surface area contributed by atoms with Crippen molar-refractivity contribution in [1.29, 1.82) is 0 Å². The van der Waals surface area contributed by atoms with E-state index in [1.54, 1.807) is 6.92 Å². The van der Waals surface area contributed by atoms with Crippen LogP contribution < -0.4 is 17.0 Å². The van der Waals surface area contributed by atoms with E-state index in [-0.39, 0.29) is 17.5 Å². The molecule has 0 aliphatic rings.